The van der Waals surface area contributed by atoms with Crippen molar-refractivity contribution in [3.05, 3.63) is 58.7 Å². The highest BCUT2D eigenvalue weighted by atomic mass is 16.1. The van der Waals surface area contributed by atoms with Crippen molar-refractivity contribution in [2.24, 2.45) is 5.92 Å². The van der Waals surface area contributed by atoms with Gasteiger partial charge in [-0.25, -0.2) is 0 Å². The van der Waals surface area contributed by atoms with Crippen LogP contribution in [0.3, 0.4) is 0 Å². The Morgan fingerprint density at radius 3 is 3.00 bits per heavy atom. The third-order valence-corrected chi connectivity index (χ3v) is 4.40. The predicted molar refractivity (Wildman–Crippen MR) is 78.5 cm³/mol. The quantitative estimate of drug-likeness (QED) is 0.711. The molecule has 0 spiro atoms. The van der Waals surface area contributed by atoms with Crippen molar-refractivity contribution in [1.29, 1.82) is 0 Å². The van der Waals surface area contributed by atoms with Crippen LogP contribution in [0.2, 0.25) is 0 Å². The molecule has 98 valence electrons. The first-order chi connectivity index (χ1) is 9.19. The van der Waals surface area contributed by atoms with E-state index in [-0.39, 0.29) is 5.78 Å². The second-order valence-electron chi connectivity index (χ2n) is 5.69. The maximum Gasteiger partial charge on any atom is 0.162 e. The molecule has 1 heteroatoms. The minimum atomic E-state index is 0.250. The number of hydrogen-bond acceptors (Lipinski definition) is 1. The molecule has 2 aliphatic rings. The molecule has 0 bridgehead atoms. The van der Waals surface area contributed by atoms with E-state index in [2.05, 4.69) is 37.3 Å². The van der Waals surface area contributed by atoms with E-state index < -0.39 is 0 Å². The Balaban J connectivity index is 1.98. The highest BCUT2D eigenvalue weighted by Crippen LogP contribution is 2.41. The largest absolute Gasteiger partial charge is 0.294 e. The van der Waals surface area contributed by atoms with Crippen LogP contribution in [0.1, 0.15) is 54.1 Å². The van der Waals surface area contributed by atoms with E-state index in [1.165, 1.54) is 23.1 Å². The van der Waals surface area contributed by atoms with Crippen LogP contribution in [0.25, 0.3) is 0 Å². The third-order valence-electron chi connectivity index (χ3n) is 4.40. The second kappa shape index (κ2) is 4.80. The summed E-state index contributed by atoms with van der Waals surface area (Å²) >= 11 is 0. The minimum Gasteiger partial charge on any atom is -0.294 e. The molecule has 0 aliphatic heterocycles. The summed E-state index contributed by atoms with van der Waals surface area (Å²) < 4.78 is 0. The molecule has 0 heterocycles. The molecular formula is C18H20O. The predicted octanol–water partition coefficient (Wildman–Crippen LogP) is 4.44. The lowest BCUT2D eigenvalue weighted by Gasteiger charge is -2.32. The van der Waals surface area contributed by atoms with Crippen molar-refractivity contribution < 1.29 is 4.79 Å². The van der Waals surface area contributed by atoms with Crippen LogP contribution < -0.4 is 0 Å². The van der Waals surface area contributed by atoms with Gasteiger partial charge in [-0.05, 0) is 42.9 Å². The van der Waals surface area contributed by atoms with Gasteiger partial charge in [0.25, 0.3) is 0 Å². The zero-order valence-electron chi connectivity index (χ0n) is 11.6. The Morgan fingerprint density at radius 2 is 2.21 bits per heavy atom. The van der Waals surface area contributed by atoms with Crippen molar-refractivity contribution in [3.63, 3.8) is 0 Å². The molecule has 0 fully saturated rings. The minimum absolute atomic E-state index is 0.250. The Morgan fingerprint density at radius 1 is 1.37 bits per heavy atom. The fourth-order valence-electron chi connectivity index (χ4n) is 3.34. The first kappa shape index (κ1) is 12.4. The standard InChI is InChI=1S/C18H20O/c1-3-18(19)15-7-9-17-14(11-15)6-5-13-10-12(2)4-8-16(13)17/h4,7-11,13,16H,3,5-6H2,1-2H3. The summed E-state index contributed by atoms with van der Waals surface area (Å²) in [5, 5.41) is 0. The fraction of sp³-hybridized carbons (Fsp3) is 0.389. The third kappa shape index (κ3) is 2.18. The smallest absolute Gasteiger partial charge is 0.162 e. The number of fused-ring (bicyclic) bond motifs is 3. The normalized spacial score (nSPS) is 24.4. The SMILES string of the molecule is CCC(=O)c1ccc2c(c1)CCC1C=C(C)C=CC21. The number of benzene rings is 1. The molecule has 3 rings (SSSR count). The van der Waals surface area contributed by atoms with Gasteiger partial charge in [0.1, 0.15) is 0 Å². The van der Waals surface area contributed by atoms with Gasteiger partial charge in [0.15, 0.2) is 5.78 Å². The van der Waals surface area contributed by atoms with Crippen molar-refractivity contribution in [3.8, 4) is 0 Å². The van der Waals surface area contributed by atoms with Crippen LogP contribution in [0.4, 0.5) is 0 Å². The zero-order valence-corrected chi connectivity index (χ0v) is 11.6. The van der Waals surface area contributed by atoms with E-state index in [0.717, 1.165) is 12.0 Å². The Kier molecular flexibility index (Phi) is 3.14. The van der Waals surface area contributed by atoms with Crippen LogP contribution >= 0.6 is 0 Å². The van der Waals surface area contributed by atoms with E-state index in [1.807, 2.05) is 13.0 Å². The molecule has 2 unspecified atom stereocenters. The molecule has 0 saturated heterocycles. The second-order valence-corrected chi connectivity index (χ2v) is 5.69. The van der Waals surface area contributed by atoms with Crippen LogP contribution in [0.15, 0.2) is 42.0 Å². The van der Waals surface area contributed by atoms with Gasteiger partial charge in [-0.1, -0.05) is 42.9 Å². The Bertz CT molecular complexity index is 577. The van der Waals surface area contributed by atoms with Crippen LogP contribution in [-0.4, -0.2) is 5.78 Å². The summed E-state index contributed by atoms with van der Waals surface area (Å²) in [6.45, 7) is 4.10. The maximum absolute atomic E-state index is 11.8. The number of hydrogen-bond donors (Lipinski definition) is 0. The molecule has 0 aromatic heterocycles. The van der Waals surface area contributed by atoms with Gasteiger partial charge in [0, 0.05) is 17.9 Å². The topological polar surface area (TPSA) is 17.1 Å². The van der Waals surface area contributed by atoms with Gasteiger partial charge in [-0.15, -0.1) is 0 Å². The number of aryl methyl sites for hydroxylation is 1. The maximum atomic E-state index is 11.8. The van der Waals surface area contributed by atoms with Gasteiger partial charge in [0.05, 0.1) is 0 Å². The molecule has 1 aromatic rings. The van der Waals surface area contributed by atoms with Crippen molar-refractivity contribution >= 4 is 5.78 Å². The summed E-state index contributed by atoms with van der Waals surface area (Å²) in [5.74, 6) is 1.41. The van der Waals surface area contributed by atoms with Crippen LogP contribution in [0.5, 0.6) is 0 Å². The average molecular weight is 252 g/mol. The van der Waals surface area contributed by atoms with Crippen molar-refractivity contribution in [1.82, 2.24) is 0 Å². The number of carbonyl (C=O) groups is 1. The molecule has 0 amide bonds. The molecule has 1 nitrogen and oxygen atoms in total. The fourth-order valence-corrected chi connectivity index (χ4v) is 3.34. The Labute approximate surface area is 115 Å². The summed E-state index contributed by atoms with van der Waals surface area (Å²) in [6.07, 6.45) is 9.84. The van der Waals surface area contributed by atoms with E-state index in [1.54, 1.807) is 0 Å². The summed E-state index contributed by atoms with van der Waals surface area (Å²) in [5.41, 5.74) is 5.05. The molecular weight excluding hydrogens is 232 g/mol. The molecule has 2 atom stereocenters. The van der Waals surface area contributed by atoms with Gasteiger partial charge in [0.2, 0.25) is 0 Å². The lowest BCUT2D eigenvalue weighted by molar-refractivity contribution is 0.0988. The molecule has 19 heavy (non-hydrogen) atoms. The van der Waals surface area contributed by atoms with E-state index in [0.29, 0.717) is 18.3 Å². The number of ketones is 1. The first-order valence-corrected chi connectivity index (χ1v) is 7.21. The average Bonchev–Trinajstić information content (AvgIpc) is 2.45. The lowest BCUT2D eigenvalue weighted by Crippen LogP contribution is -2.20. The highest BCUT2D eigenvalue weighted by molar-refractivity contribution is 5.96. The van der Waals surface area contributed by atoms with Crippen molar-refractivity contribution in [2.45, 2.75) is 39.0 Å². The molecule has 2 aliphatic carbocycles. The first-order valence-electron chi connectivity index (χ1n) is 7.21. The number of allylic oxidation sites excluding steroid dienone is 4. The van der Waals surface area contributed by atoms with Gasteiger partial charge < -0.3 is 0 Å². The number of carbonyl (C=O) groups excluding carboxylic acids is 1. The van der Waals surface area contributed by atoms with Crippen LogP contribution in [-0.2, 0) is 6.42 Å². The van der Waals surface area contributed by atoms with E-state index in [9.17, 15) is 4.79 Å². The van der Waals surface area contributed by atoms with Crippen molar-refractivity contribution in [2.75, 3.05) is 0 Å². The zero-order chi connectivity index (χ0) is 13.4. The van der Waals surface area contributed by atoms with E-state index in [4.69, 9.17) is 0 Å². The monoisotopic (exact) mass is 252 g/mol. The molecule has 0 radical (unpaired) electrons. The van der Waals surface area contributed by atoms with Crippen LogP contribution in [0, 0.1) is 5.92 Å². The summed E-state index contributed by atoms with van der Waals surface area (Å²) in [7, 11) is 0. The highest BCUT2D eigenvalue weighted by Gasteiger charge is 2.28. The summed E-state index contributed by atoms with van der Waals surface area (Å²) in [6, 6.07) is 6.30. The van der Waals surface area contributed by atoms with Gasteiger partial charge in [-0.2, -0.15) is 0 Å². The molecule has 0 saturated carbocycles. The lowest BCUT2D eigenvalue weighted by atomic mass is 9.72. The summed E-state index contributed by atoms with van der Waals surface area (Å²) in [4.78, 5) is 11.8. The van der Waals surface area contributed by atoms with E-state index >= 15 is 0 Å². The number of rotatable bonds is 2. The molecule has 1 aromatic carbocycles. The van der Waals surface area contributed by atoms with Gasteiger partial charge in [-0.3, -0.25) is 4.79 Å². The molecule has 0 N–H and O–H groups in total. The number of Topliss-reactive ketones (excluding diaryl/α,β-unsaturated/α-hetero) is 1. The Hall–Kier alpha value is -1.63. The van der Waals surface area contributed by atoms with Gasteiger partial charge >= 0.3 is 0 Å².